The number of hydrogen-bond donors (Lipinski definition) is 2. The van der Waals surface area contributed by atoms with E-state index in [1.54, 1.807) is 7.05 Å². The molecule has 1 heterocycles. The molecule has 1 aromatic heterocycles. The second-order valence-corrected chi connectivity index (χ2v) is 3.68. The number of likely N-dealkylation sites (N-methyl/N-ethyl adjacent to an activating group) is 1. The van der Waals surface area contributed by atoms with Gasteiger partial charge in [-0.25, -0.2) is 9.97 Å². The molecule has 0 saturated heterocycles. The highest BCUT2D eigenvalue weighted by atomic mass is 16.6. The monoisotopic (exact) mass is 257 g/mol. The molecule has 0 spiro atoms. The van der Waals surface area contributed by atoms with Crippen LogP contribution in [0.2, 0.25) is 0 Å². The highest BCUT2D eigenvalue weighted by Crippen LogP contribution is 2.28. The maximum atomic E-state index is 10.9. The lowest BCUT2D eigenvalue weighted by Crippen LogP contribution is -2.33. The topological polar surface area (TPSA) is 128 Å². The van der Waals surface area contributed by atoms with Crippen molar-refractivity contribution in [1.29, 1.82) is 0 Å². The third kappa shape index (κ3) is 3.25. The molecular weight excluding hydrogens is 242 g/mol. The van der Waals surface area contributed by atoms with Crippen molar-refractivity contribution < 1.29 is 14.8 Å². The van der Waals surface area contributed by atoms with Gasteiger partial charge in [-0.05, 0) is 0 Å². The summed E-state index contributed by atoms with van der Waals surface area (Å²) in [7, 11) is 3.02. The molecular formula is C9H15N5O4. The summed E-state index contributed by atoms with van der Waals surface area (Å²) in [6.07, 6.45) is 0.354. The van der Waals surface area contributed by atoms with Crippen molar-refractivity contribution >= 4 is 17.3 Å². The van der Waals surface area contributed by atoms with E-state index in [-0.39, 0.29) is 30.5 Å². The Hall–Kier alpha value is -2.00. The second-order valence-electron chi connectivity index (χ2n) is 3.68. The number of nitro groups is 1. The first-order chi connectivity index (χ1) is 8.47. The lowest BCUT2D eigenvalue weighted by Gasteiger charge is -2.20. The third-order valence-corrected chi connectivity index (χ3v) is 2.22. The van der Waals surface area contributed by atoms with Crippen LogP contribution in [0, 0.1) is 10.1 Å². The van der Waals surface area contributed by atoms with Gasteiger partial charge in [0.2, 0.25) is 11.6 Å². The number of nitrogens with two attached hydrogens (primary N) is 1. The van der Waals surface area contributed by atoms with Crippen LogP contribution < -0.4 is 10.6 Å². The molecule has 0 aromatic carbocycles. The summed E-state index contributed by atoms with van der Waals surface area (Å²) in [5, 5.41) is 20.5. The van der Waals surface area contributed by atoms with E-state index in [4.69, 9.17) is 10.5 Å². The zero-order valence-electron chi connectivity index (χ0n) is 10.1. The van der Waals surface area contributed by atoms with Crippen LogP contribution in [0.4, 0.5) is 17.3 Å². The van der Waals surface area contributed by atoms with E-state index in [0.29, 0.717) is 0 Å². The molecule has 0 aliphatic rings. The van der Waals surface area contributed by atoms with Gasteiger partial charge in [0.1, 0.15) is 6.33 Å². The molecule has 0 radical (unpaired) electrons. The average Bonchev–Trinajstić information content (AvgIpc) is 2.28. The van der Waals surface area contributed by atoms with Gasteiger partial charge < -0.3 is 20.5 Å². The van der Waals surface area contributed by atoms with Crippen molar-refractivity contribution in [2.24, 2.45) is 0 Å². The summed E-state index contributed by atoms with van der Waals surface area (Å²) >= 11 is 0. The first-order valence-corrected chi connectivity index (χ1v) is 5.10. The summed E-state index contributed by atoms with van der Waals surface area (Å²) < 4.78 is 4.77. The molecule has 0 amide bonds. The molecule has 1 rings (SSSR count). The van der Waals surface area contributed by atoms with Crippen molar-refractivity contribution in [1.82, 2.24) is 9.97 Å². The maximum Gasteiger partial charge on any atom is 0.353 e. The Morgan fingerprint density at radius 1 is 1.67 bits per heavy atom. The van der Waals surface area contributed by atoms with Crippen LogP contribution in [0.15, 0.2) is 6.33 Å². The number of aromatic nitrogens is 2. The summed E-state index contributed by atoms with van der Waals surface area (Å²) in [5.74, 6) is -0.152. The maximum absolute atomic E-state index is 10.9. The largest absolute Gasteiger partial charge is 0.389 e. The number of aliphatic hydroxyl groups is 1. The molecule has 0 bridgehead atoms. The standard InChI is InChI=1S/C9H15N5O4/c1-13(3-6(15)4-18-2)9-7(14(16)17)8(10)11-5-12-9/h5-6,15H,3-4H2,1-2H3,(H2,10,11,12). The van der Waals surface area contributed by atoms with Gasteiger partial charge >= 0.3 is 5.69 Å². The molecule has 9 heteroatoms. The number of ether oxygens (including phenoxy) is 1. The fraction of sp³-hybridized carbons (Fsp3) is 0.556. The van der Waals surface area contributed by atoms with Crippen molar-refractivity contribution in [3.8, 4) is 0 Å². The molecule has 0 aliphatic heterocycles. The predicted octanol–water partition coefficient (Wildman–Crippen LogP) is -0.589. The molecule has 0 aliphatic carbocycles. The Balaban J connectivity index is 2.95. The molecule has 1 unspecified atom stereocenters. The van der Waals surface area contributed by atoms with Crippen molar-refractivity contribution in [2.75, 3.05) is 37.9 Å². The first kappa shape index (κ1) is 14.1. The number of aliphatic hydroxyl groups excluding tert-OH is 1. The molecule has 1 atom stereocenters. The fourth-order valence-corrected chi connectivity index (χ4v) is 1.48. The van der Waals surface area contributed by atoms with Crippen LogP contribution in [0.1, 0.15) is 0 Å². The molecule has 1 aromatic rings. The van der Waals surface area contributed by atoms with E-state index >= 15 is 0 Å². The number of methoxy groups -OCH3 is 1. The van der Waals surface area contributed by atoms with E-state index in [1.807, 2.05) is 0 Å². The van der Waals surface area contributed by atoms with E-state index in [1.165, 1.54) is 12.0 Å². The van der Waals surface area contributed by atoms with Crippen LogP contribution >= 0.6 is 0 Å². The Kier molecular flexibility index (Phi) is 4.75. The highest BCUT2D eigenvalue weighted by Gasteiger charge is 2.24. The van der Waals surface area contributed by atoms with Gasteiger partial charge in [-0.3, -0.25) is 10.1 Å². The van der Waals surface area contributed by atoms with Gasteiger partial charge in [0.05, 0.1) is 17.6 Å². The van der Waals surface area contributed by atoms with Crippen LogP contribution in [0.5, 0.6) is 0 Å². The Morgan fingerprint density at radius 2 is 2.33 bits per heavy atom. The van der Waals surface area contributed by atoms with Crippen molar-refractivity contribution in [2.45, 2.75) is 6.10 Å². The summed E-state index contributed by atoms with van der Waals surface area (Å²) in [6, 6.07) is 0. The third-order valence-electron chi connectivity index (χ3n) is 2.22. The van der Waals surface area contributed by atoms with Crippen LogP contribution in [-0.4, -0.2) is 53.4 Å². The number of nitrogen functional groups attached to an aromatic ring is 1. The number of nitrogens with zero attached hydrogens (tertiary/aromatic N) is 4. The minimum absolute atomic E-state index is 0.0580. The van der Waals surface area contributed by atoms with Gasteiger partial charge in [0, 0.05) is 20.7 Å². The van der Waals surface area contributed by atoms with Crippen molar-refractivity contribution in [3.05, 3.63) is 16.4 Å². The zero-order valence-corrected chi connectivity index (χ0v) is 10.1. The van der Waals surface area contributed by atoms with E-state index < -0.39 is 11.0 Å². The van der Waals surface area contributed by atoms with Crippen molar-refractivity contribution in [3.63, 3.8) is 0 Å². The Morgan fingerprint density at radius 3 is 2.89 bits per heavy atom. The lowest BCUT2D eigenvalue weighted by molar-refractivity contribution is -0.383. The molecule has 0 fully saturated rings. The van der Waals surface area contributed by atoms with E-state index in [0.717, 1.165) is 6.33 Å². The van der Waals surface area contributed by atoms with Gasteiger partial charge in [-0.2, -0.15) is 0 Å². The van der Waals surface area contributed by atoms with Gasteiger partial charge in [0.25, 0.3) is 0 Å². The normalized spacial score (nSPS) is 12.2. The molecule has 3 N–H and O–H groups in total. The van der Waals surface area contributed by atoms with E-state index in [9.17, 15) is 15.2 Å². The minimum Gasteiger partial charge on any atom is -0.389 e. The first-order valence-electron chi connectivity index (χ1n) is 5.10. The van der Waals surface area contributed by atoms with Gasteiger partial charge in [0.15, 0.2) is 0 Å². The van der Waals surface area contributed by atoms with Gasteiger partial charge in [-0.15, -0.1) is 0 Å². The molecule has 100 valence electrons. The number of hydrogen-bond acceptors (Lipinski definition) is 8. The van der Waals surface area contributed by atoms with Crippen LogP contribution in [0.3, 0.4) is 0 Å². The lowest BCUT2D eigenvalue weighted by atomic mass is 10.3. The zero-order chi connectivity index (χ0) is 13.7. The van der Waals surface area contributed by atoms with E-state index in [2.05, 4.69) is 9.97 Å². The second kappa shape index (κ2) is 6.07. The summed E-state index contributed by atoms with van der Waals surface area (Å²) in [4.78, 5) is 19.1. The molecule has 0 saturated carbocycles. The van der Waals surface area contributed by atoms with Gasteiger partial charge in [-0.1, -0.05) is 0 Å². The number of anilines is 2. The molecule has 18 heavy (non-hydrogen) atoms. The highest BCUT2D eigenvalue weighted by molar-refractivity contribution is 5.68. The molecule has 9 nitrogen and oxygen atoms in total. The predicted molar refractivity (Wildman–Crippen MR) is 64.3 cm³/mol. The smallest absolute Gasteiger partial charge is 0.353 e. The SMILES string of the molecule is COCC(O)CN(C)c1ncnc(N)c1[N+](=O)[O-]. The van der Waals surface area contributed by atoms with Crippen LogP contribution in [0.25, 0.3) is 0 Å². The van der Waals surface area contributed by atoms with Crippen LogP contribution in [-0.2, 0) is 4.74 Å². The Bertz CT molecular complexity index is 427. The minimum atomic E-state index is -0.782. The Labute approximate surface area is 103 Å². The summed E-state index contributed by atoms with van der Waals surface area (Å²) in [6.45, 7) is 0.254. The average molecular weight is 257 g/mol. The summed E-state index contributed by atoms with van der Waals surface area (Å²) in [5.41, 5.74) is 5.07. The number of rotatable bonds is 6. The fourth-order valence-electron chi connectivity index (χ4n) is 1.48. The quantitative estimate of drug-likeness (QED) is 0.511.